The zero-order valence-corrected chi connectivity index (χ0v) is 20.0. The lowest BCUT2D eigenvalue weighted by Crippen LogP contribution is -2.24. The van der Waals surface area contributed by atoms with Gasteiger partial charge in [-0.05, 0) is 74.2 Å². The summed E-state index contributed by atoms with van der Waals surface area (Å²) in [5.41, 5.74) is 4.92. The first-order chi connectivity index (χ1) is 16.5. The van der Waals surface area contributed by atoms with Gasteiger partial charge in [0, 0.05) is 12.1 Å². The molecule has 0 unspecified atom stereocenters. The third kappa shape index (κ3) is 5.57. The number of carbonyl (C=O) groups is 1. The standard InChI is InChI=1S/C28H31N3O3/c1-20-13-14-21(2)26(17-20)34-16-7-6-15-31-25-12-5-4-11-24(25)30-27(31)19-29-28(32)22-9-8-10-23(18-22)33-3/h4-5,8-14,17-18H,6-7,15-16,19H2,1-3H3,(H,29,32). The third-order valence-corrected chi connectivity index (χ3v) is 5.85. The summed E-state index contributed by atoms with van der Waals surface area (Å²) in [6, 6.07) is 21.5. The van der Waals surface area contributed by atoms with Gasteiger partial charge in [0.1, 0.15) is 17.3 Å². The van der Waals surface area contributed by atoms with Crippen LogP contribution in [-0.2, 0) is 13.1 Å². The molecule has 34 heavy (non-hydrogen) atoms. The summed E-state index contributed by atoms with van der Waals surface area (Å²) in [5.74, 6) is 2.30. The third-order valence-electron chi connectivity index (χ3n) is 5.85. The van der Waals surface area contributed by atoms with Gasteiger partial charge in [0.25, 0.3) is 5.91 Å². The van der Waals surface area contributed by atoms with Crippen molar-refractivity contribution in [2.75, 3.05) is 13.7 Å². The van der Waals surface area contributed by atoms with Gasteiger partial charge in [0.15, 0.2) is 0 Å². The number of para-hydroxylation sites is 2. The van der Waals surface area contributed by atoms with Gasteiger partial charge in [-0.1, -0.05) is 30.3 Å². The largest absolute Gasteiger partial charge is 0.497 e. The van der Waals surface area contributed by atoms with Gasteiger partial charge < -0.3 is 19.4 Å². The summed E-state index contributed by atoms with van der Waals surface area (Å²) in [6.45, 7) is 5.97. The lowest BCUT2D eigenvalue weighted by atomic mass is 10.1. The molecule has 0 atom stereocenters. The highest BCUT2D eigenvalue weighted by molar-refractivity contribution is 5.94. The van der Waals surface area contributed by atoms with Gasteiger partial charge in [-0.15, -0.1) is 0 Å². The van der Waals surface area contributed by atoms with Gasteiger partial charge in [0.2, 0.25) is 0 Å². The molecule has 6 heteroatoms. The molecule has 4 aromatic rings. The second kappa shape index (κ2) is 10.9. The van der Waals surface area contributed by atoms with Crippen molar-refractivity contribution in [1.29, 1.82) is 0 Å². The number of nitrogens with one attached hydrogen (secondary N) is 1. The number of carbonyl (C=O) groups excluding carboxylic acids is 1. The Hall–Kier alpha value is -3.80. The van der Waals surface area contributed by atoms with Gasteiger partial charge in [-0.3, -0.25) is 4.79 Å². The van der Waals surface area contributed by atoms with Crippen LogP contribution in [0.4, 0.5) is 0 Å². The molecule has 1 amide bonds. The molecule has 6 nitrogen and oxygen atoms in total. The smallest absolute Gasteiger partial charge is 0.251 e. The van der Waals surface area contributed by atoms with Crippen LogP contribution in [0, 0.1) is 13.8 Å². The molecule has 0 aliphatic rings. The number of aromatic nitrogens is 2. The van der Waals surface area contributed by atoms with Gasteiger partial charge in [-0.25, -0.2) is 4.98 Å². The predicted molar refractivity (Wildman–Crippen MR) is 135 cm³/mol. The van der Waals surface area contributed by atoms with E-state index in [4.69, 9.17) is 14.5 Å². The lowest BCUT2D eigenvalue weighted by Gasteiger charge is -2.12. The molecule has 0 aliphatic heterocycles. The Morgan fingerprint density at radius 3 is 2.71 bits per heavy atom. The second-order valence-electron chi connectivity index (χ2n) is 8.41. The number of rotatable bonds is 10. The van der Waals surface area contributed by atoms with E-state index in [0.29, 0.717) is 24.5 Å². The van der Waals surface area contributed by atoms with Crippen LogP contribution in [0.1, 0.15) is 40.2 Å². The number of imidazole rings is 1. The highest BCUT2D eigenvalue weighted by Crippen LogP contribution is 2.20. The van der Waals surface area contributed by atoms with Crippen molar-refractivity contribution in [1.82, 2.24) is 14.9 Å². The number of benzene rings is 3. The zero-order chi connectivity index (χ0) is 23.9. The van der Waals surface area contributed by atoms with Crippen molar-refractivity contribution in [3.8, 4) is 11.5 Å². The lowest BCUT2D eigenvalue weighted by molar-refractivity contribution is 0.0949. The maximum atomic E-state index is 12.7. The fourth-order valence-corrected chi connectivity index (χ4v) is 3.95. The summed E-state index contributed by atoms with van der Waals surface area (Å²) >= 11 is 0. The average molecular weight is 458 g/mol. The fraction of sp³-hybridized carbons (Fsp3) is 0.286. The van der Waals surface area contributed by atoms with Crippen molar-refractivity contribution in [3.05, 3.63) is 89.2 Å². The first-order valence-corrected chi connectivity index (χ1v) is 11.6. The van der Waals surface area contributed by atoms with E-state index in [9.17, 15) is 4.79 Å². The number of aryl methyl sites for hydroxylation is 3. The van der Waals surface area contributed by atoms with Crippen LogP contribution >= 0.6 is 0 Å². The number of unbranched alkanes of at least 4 members (excludes halogenated alkanes) is 1. The molecule has 0 saturated heterocycles. The molecule has 0 spiro atoms. The first-order valence-electron chi connectivity index (χ1n) is 11.6. The summed E-state index contributed by atoms with van der Waals surface area (Å²) < 4.78 is 13.4. The van der Waals surface area contributed by atoms with Gasteiger partial charge >= 0.3 is 0 Å². The molecular weight excluding hydrogens is 426 g/mol. The Morgan fingerprint density at radius 2 is 1.85 bits per heavy atom. The summed E-state index contributed by atoms with van der Waals surface area (Å²) in [6.07, 6.45) is 1.87. The maximum Gasteiger partial charge on any atom is 0.251 e. The summed E-state index contributed by atoms with van der Waals surface area (Å²) in [7, 11) is 1.59. The number of amides is 1. The monoisotopic (exact) mass is 457 g/mol. The maximum absolute atomic E-state index is 12.7. The van der Waals surface area contributed by atoms with E-state index in [1.165, 1.54) is 5.56 Å². The Balaban J connectivity index is 1.38. The van der Waals surface area contributed by atoms with Crippen molar-refractivity contribution in [2.45, 2.75) is 39.8 Å². The van der Waals surface area contributed by atoms with Crippen LogP contribution in [0.3, 0.4) is 0 Å². The van der Waals surface area contributed by atoms with Crippen LogP contribution in [-0.4, -0.2) is 29.2 Å². The van der Waals surface area contributed by atoms with E-state index in [1.54, 1.807) is 19.2 Å². The van der Waals surface area contributed by atoms with Gasteiger partial charge in [-0.2, -0.15) is 0 Å². The molecule has 0 fully saturated rings. The Bertz CT molecular complexity index is 1280. The molecule has 4 rings (SSSR count). The second-order valence-corrected chi connectivity index (χ2v) is 8.41. The average Bonchev–Trinajstić information content (AvgIpc) is 3.21. The summed E-state index contributed by atoms with van der Waals surface area (Å²) in [5, 5.41) is 3.00. The molecule has 0 bridgehead atoms. The van der Waals surface area contributed by atoms with Crippen molar-refractivity contribution in [2.24, 2.45) is 0 Å². The number of hydrogen-bond donors (Lipinski definition) is 1. The molecular formula is C28H31N3O3. The van der Waals surface area contributed by atoms with E-state index in [0.717, 1.165) is 47.6 Å². The number of hydrogen-bond acceptors (Lipinski definition) is 4. The molecule has 176 valence electrons. The molecule has 1 heterocycles. The number of nitrogens with zero attached hydrogens (tertiary/aromatic N) is 2. The highest BCUT2D eigenvalue weighted by atomic mass is 16.5. The van der Waals surface area contributed by atoms with E-state index < -0.39 is 0 Å². The Labute approximate surface area is 200 Å². The van der Waals surface area contributed by atoms with E-state index in [2.05, 4.69) is 48.0 Å². The number of methoxy groups -OCH3 is 1. The van der Waals surface area contributed by atoms with Crippen LogP contribution in [0.5, 0.6) is 11.5 Å². The van der Waals surface area contributed by atoms with E-state index in [1.807, 2.05) is 30.3 Å². The number of ether oxygens (including phenoxy) is 2. The van der Waals surface area contributed by atoms with Crippen LogP contribution < -0.4 is 14.8 Å². The van der Waals surface area contributed by atoms with Crippen LogP contribution in [0.15, 0.2) is 66.7 Å². The fourth-order valence-electron chi connectivity index (χ4n) is 3.95. The normalized spacial score (nSPS) is 10.9. The van der Waals surface area contributed by atoms with Crippen molar-refractivity contribution >= 4 is 16.9 Å². The Morgan fingerprint density at radius 1 is 1.00 bits per heavy atom. The van der Waals surface area contributed by atoms with E-state index in [-0.39, 0.29) is 5.91 Å². The molecule has 0 saturated carbocycles. The predicted octanol–water partition coefficient (Wildman–Crippen LogP) is 5.45. The van der Waals surface area contributed by atoms with Crippen molar-refractivity contribution in [3.63, 3.8) is 0 Å². The minimum Gasteiger partial charge on any atom is -0.497 e. The van der Waals surface area contributed by atoms with Crippen molar-refractivity contribution < 1.29 is 14.3 Å². The van der Waals surface area contributed by atoms with Crippen LogP contribution in [0.25, 0.3) is 11.0 Å². The quantitative estimate of drug-likeness (QED) is 0.322. The van der Waals surface area contributed by atoms with Crippen LogP contribution in [0.2, 0.25) is 0 Å². The Kier molecular flexibility index (Phi) is 7.48. The molecule has 1 aromatic heterocycles. The molecule has 0 aliphatic carbocycles. The van der Waals surface area contributed by atoms with E-state index >= 15 is 0 Å². The first kappa shape index (κ1) is 23.4. The van der Waals surface area contributed by atoms with Gasteiger partial charge in [0.05, 0.1) is 31.3 Å². The molecule has 3 aromatic carbocycles. The molecule has 0 radical (unpaired) electrons. The minimum atomic E-state index is -0.153. The summed E-state index contributed by atoms with van der Waals surface area (Å²) in [4.78, 5) is 17.4. The highest BCUT2D eigenvalue weighted by Gasteiger charge is 2.13. The SMILES string of the molecule is COc1cccc(C(=O)NCc2nc3ccccc3n2CCCCOc2cc(C)ccc2C)c1. The molecule has 1 N–H and O–H groups in total. The zero-order valence-electron chi connectivity index (χ0n) is 20.0. The minimum absolute atomic E-state index is 0.153. The topological polar surface area (TPSA) is 65.4 Å². The number of fused-ring (bicyclic) bond motifs is 1.